The first kappa shape index (κ1) is 17.0. The summed E-state index contributed by atoms with van der Waals surface area (Å²) in [6.45, 7) is 2.03. The fourth-order valence-electron chi connectivity index (χ4n) is 2.13. The molecule has 0 unspecified atom stereocenters. The minimum atomic E-state index is -0.353. The number of esters is 1. The lowest BCUT2D eigenvalue weighted by Gasteiger charge is -2.07. The highest BCUT2D eigenvalue weighted by Crippen LogP contribution is 2.21. The Morgan fingerprint density at radius 2 is 1.76 bits per heavy atom. The molecule has 0 aliphatic rings. The van der Waals surface area contributed by atoms with Gasteiger partial charge in [0, 0.05) is 5.69 Å². The highest BCUT2D eigenvalue weighted by molar-refractivity contribution is 7.99. The molecule has 0 bridgehead atoms. The lowest BCUT2D eigenvalue weighted by molar-refractivity contribution is -0.131. The third-order valence-corrected chi connectivity index (χ3v) is 4.36. The molecule has 0 aliphatic carbocycles. The van der Waals surface area contributed by atoms with E-state index in [9.17, 15) is 4.79 Å². The Balaban J connectivity index is 1.61. The summed E-state index contributed by atoms with van der Waals surface area (Å²) in [5, 5.41) is 8.63. The molecule has 0 amide bonds. The van der Waals surface area contributed by atoms with E-state index >= 15 is 0 Å². The van der Waals surface area contributed by atoms with Gasteiger partial charge in [-0.2, -0.15) is 0 Å². The number of methoxy groups -OCH3 is 1. The number of hydrogen-bond donors (Lipinski definition) is 0. The smallest absolute Gasteiger partial charge is 0.321 e. The predicted molar refractivity (Wildman–Crippen MR) is 95.4 cm³/mol. The van der Waals surface area contributed by atoms with E-state index in [0.29, 0.717) is 16.7 Å². The second-order valence-corrected chi connectivity index (χ2v) is 6.20. The number of hydrogen-bond acceptors (Lipinski definition) is 6. The van der Waals surface area contributed by atoms with Gasteiger partial charge in [-0.1, -0.05) is 29.5 Å². The van der Waals surface area contributed by atoms with Gasteiger partial charge in [0.25, 0.3) is 0 Å². The van der Waals surface area contributed by atoms with Gasteiger partial charge < -0.3 is 9.47 Å². The summed E-state index contributed by atoms with van der Waals surface area (Å²) < 4.78 is 12.2. The van der Waals surface area contributed by atoms with Gasteiger partial charge in [0.15, 0.2) is 5.16 Å². The molecule has 0 radical (unpaired) electrons. The maximum atomic E-state index is 12.0. The minimum Gasteiger partial charge on any atom is -0.497 e. The van der Waals surface area contributed by atoms with Crippen molar-refractivity contribution in [2.45, 2.75) is 12.1 Å². The van der Waals surface area contributed by atoms with Crippen molar-refractivity contribution in [1.82, 2.24) is 14.8 Å². The number of thioether (sulfide) groups is 1. The molecule has 0 saturated heterocycles. The summed E-state index contributed by atoms with van der Waals surface area (Å²) in [6, 6.07) is 14.9. The Morgan fingerprint density at radius 1 is 1.08 bits per heavy atom. The van der Waals surface area contributed by atoms with E-state index in [0.717, 1.165) is 5.69 Å². The van der Waals surface area contributed by atoms with Crippen LogP contribution in [0.2, 0.25) is 0 Å². The average Bonchev–Trinajstić information content (AvgIpc) is 3.10. The molecule has 25 heavy (non-hydrogen) atoms. The van der Waals surface area contributed by atoms with Crippen LogP contribution in [0.4, 0.5) is 0 Å². The van der Waals surface area contributed by atoms with Crippen molar-refractivity contribution in [3.05, 3.63) is 60.4 Å². The number of benzene rings is 2. The molecular weight excluding hydrogens is 338 g/mol. The molecule has 3 aromatic rings. The van der Waals surface area contributed by atoms with Crippen molar-refractivity contribution >= 4 is 17.7 Å². The van der Waals surface area contributed by atoms with Gasteiger partial charge in [0.2, 0.25) is 0 Å². The Hall–Kier alpha value is -2.80. The SMILES string of the molecule is COc1ccc(OC(=O)CSc2nncn2-c2ccc(C)cc2)cc1. The average molecular weight is 355 g/mol. The molecule has 0 fully saturated rings. The number of carbonyl (C=O) groups is 1. The Labute approximate surface area is 149 Å². The molecule has 3 rings (SSSR count). The van der Waals surface area contributed by atoms with E-state index in [4.69, 9.17) is 9.47 Å². The lowest BCUT2D eigenvalue weighted by Crippen LogP contribution is -2.11. The maximum absolute atomic E-state index is 12.0. The van der Waals surface area contributed by atoms with Crippen molar-refractivity contribution in [2.75, 3.05) is 12.9 Å². The molecule has 0 atom stereocenters. The largest absolute Gasteiger partial charge is 0.497 e. The fourth-order valence-corrected chi connectivity index (χ4v) is 2.84. The minimum absolute atomic E-state index is 0.135. The van der Waals surface area contributed by atoms with Crippen molar-refractivity contribution in [2.24, 2.45) is 0 Å². The van der Waals surface area contributed by atoms with Gasteiger partial charge in [-0.05, 0) is 43.3 Å². The fraction of sp³-hybridized carbons (Fsp3) is 0.167. The topological polar surface area (TPSA) is 66.2 Å². The Morgan fingerprint density at radius 3 is 2.44 bits per heavy atom. The van der Waals surface area contributed by atoms with Crippen LogP contribution < -0.4 is 9.47 Å². The van der Waals surface area contributed by atoms with Crippen molar-refractivity contribution in [3.63, 3.8) is 0 Å². The summed E-state index contributed by atoms with van der Waals surface area (Å²) in [5.41, 5.74) is 2.12. The van der Waals surface area contributed by atoms with Crippen LogP contribution in [0.15, 0.2) is 60.0 Å². The van der Waals surface area contributed by atoms with Crippen LogP contribution in [-0.4, -0.2) is 33.6 Å². The number of rotatable bonds is 6. The summed E-state index contributed by atoms with van der Waals surface area (Å²) in [6.07, 6.45) is 1.63. The molecule has 0 spiro atoms. The third-order valence-electron chi connectivity index (χ3n) is 3.44. The van der Waals surface area contributed by atoms with Gasteiger partial charge in [0.1, 0.15) is 17.8 Å². The Bertz CT molecular complexity index is 845. The number of aryl methyl sites for hydroxylation is 1. The second-order valence-electron chi connectivity index (χ2n) is 5.26. The van der Waals surface area contributed by atoms with Crippen LogP contribution in [0.3, 0.4) is 0 Å². The Kier molecular flexibility index (Phi) is 5.35. The first-order valence-corrected chi connectivity index (χ1v) is 8.59. The molecule has 128 valence electrons. The number of ether oxygens (including phenoxy) is 2. The molecule has 0 saturated carbocycles. The molecule has 2 aromatic carbocycles. The standard InChI is InChI=1S/C18H17N3O3S/c1-13-3-5-14(6-4-13)21-12-19-20-18(21)25-11-17(22)24-16-9-7-15(23-2)8-10-16/h3-10,12H,11H2,1-2H3. The predicted octanol–water partition coefficient (Wildman–Crippen LogP) is 3.28. The van der Waals surface area contributed by atoms with Crippen LogP contribution in [0.1, 0.15) is 5.56 Å². The van der Waals surface area contributed by atoms with E-state index in [1.165, 1.54) is 17.3 Å². The number of aromatic nitrogens is 3. The van der Waals surface area contributed by atoms with Gasteiger partial charge in [-0.25, -0.2) is 0 Å². The van der Waals surface area contributed by atoms with Gasteiger partial charge in [-0.15, -0.1) is 10.2 Å². The summed E-state index contributed by atoms with van der Waals surface area (Å²) >= 11 is 1.28. The zero-order valence-corrected chi connectivity index (χ0v) is 14.7. The normalized spacial score (nSPS) is 10.5. The quantitative estimate of drug-likeness (QED) is 0.384. The zero-order valence-electron chi connectivity index (χ0n) is 13.9. The van der Waals surface area contributed by atoms with Gasteiger partial charge in [0.05, 0.1) is 12.9 Å². The zero-order chi connectivity index (χ0) is 17.6. The molecular formula is C18H17N3O3S. The van der Waals surface area contributed by atoms with Crippen molar-refractivity contribution < 1.29 is 14.3 Å². The van der Waals surface area contributed by atoms with Gasteiger partial charge >= 0.3 is 5.97 Å². The van der Waals surface area contributed by atoms with Crippen LogP contribution in [-0.2, 0) is 4.79 Å². The van der Waals surface area contributed by atoms with E-state index in [1.807, 2.05) is 35.8 Å². The van der Waals surface area contributed by atoms with Gasteiger partial charge in [-0.3, -0.25) is 9.36 Å². The molecule has 1 heterocycles. The highest BCUT2D eigenvalue weighted by Gasteiger charge is 2.11. The van der Waals surface area contributed by atoms with E-state index in [1.54, 1.807) is 37.7 Å². The molecule has 0 aliphatic heterocycles. The second kappa shape index (κ2) is 7.85. The van der Waals surface area contributed by atoms with E-state index in [-0.39, 0.29) is 11.7 Å². The third kappa shape index (κ3) is 4.39. The first-order valence-electron chi connectivity index (χ1n) is 7.60. The monoisotopic (exact) mass is 355 g/mol. The van der Waals surface area contributed by atoms with Crippen LogP contribution in [0.25, 0.3) is 5.69 Å². The summed E-state index contributed by atoms with van der Waals surface area (Å²) in [4.78, 5) is 12.0. The molecule has 6 nitrogen and oxygen atoms in total. The van der Waals surface area contributed by atoms with E-state index < -0.39 is 0 Å². The first-order chi connectivity index (χ1) is 12.2. The van der Waals surface area contributed by atoms with E-state index in [2.05, 4.69) is 10.2 Å². The van der Waals surface area contributed by atoms with Crippen LogP contribution in [0, 0.1) is 6.92 Å². The highest BCUT2D eigenvalue weighted by atomic mass is 32.2. The number of nitrogens with zero attached hydrogens (tertiary/aromatic N) is 3. The summed E-state index contributed by atoms with van der Waals surface area (Å²) in [7, 11) is 1.59. The lowest BCUT2D eigenvalue weighted by atomic mass is 10.2. The molecule has 0 N–H and O–H groups in total. The van der Waals surface area contributed by atoms with Crippen molar-refractivity contribution in [3.8, 4) is 17.2 Å². The van der Waals surface area contributed by atoms with Crippen molar-refractivity contribution in [1.29, 1.82) is 0 Å². The number of carbonyl (C=O) groups excluding carboxylic acids is 1. The van der Waals surface area contributed by atoms with Crippen LogP contribution in [0.5, 0.6) is 11.5 Å². The van der Waals surface area contributed by atoms with Crippen LogP contribution >= 0.6 is 11.8 Å². The molecule has 7 heteroatoms. The summed E-state index contributed by atoms with van der Waals surface area (Å²) in [5.74, 6) is 0.969. The molecule has 1 aromatic heterocycles. The maximum Gasteiger partial charge on any atom is 0.321 e.